The lowest BCUT2D eigenvalue weighted by Crippen LogP contribution is -2.42. The minimum absolute atomic E-state index is 0.0899. The van der Waals surface area contributed by atoms with Crippen molar-refractivity contribution in [3.8, 4) is 11.5 Å². The molecule has 0 aliphatic carbocycles. The van der Waals surface area contributed by atoms with E-state index in [9.17, 15) is 9.90 Å². The molecule has 0 heterocycles. The number of aliphatic hydroxyl groups excluding tert-OH is 1. The summed E-state index contributed by atoms with van der Waals surface area (Å²) < 4.78 is 10.3. The molecule has 2 atom stereocenters. The predicted molar refractivity (Wildman–Crippen MR) is 80.4 cm³/mol. The Labute approximate surface area is 125 Å². The van der Waals surface area contributed by atoms with E-state index in [1.54, 1.807) is 18.2 Å². The second kappa shape index (κ2) is 8.49. The Hall–Kier alpha value is -1.79. The van der Waals surface area contributed by atoms with Crippen molar-refractivity contribution in [2.75, 3.05) is 20.8 Å². The van der Waals surface area contributed by atoms with E-state index in [0.717, 1.165) is 6.42 Å². The van der Waals surface area contributed by atoms with E-state index in [2.05, 4.69) is 5.32 Å². The zero-order valence-corrected chi connectivity index (χ0v) is 12.8. The summed E-state index contributed by atoms with van der Waals surface area (Å²) in [7, 11) is 3.08. The monoisotopic (exact) mass is 296 g/mol. The van der Waals surface area contributed by atoms with Crippen molar-refractivity contribution in [2.45, 2.75) is 31.9 Å². The number of hydrogen-bond acceptors (Lipinski definition) is 5. The standard InChI is InChI=1S/C15H24N2O4/c1-4-5-13(16)15(19)17-9-14(18)10-6-11(20-2)8-12(7-10)21-3/h6-8,13-14,18H,4-5,9,16H2,1-3H3,(H,17,19). The van der Waals surface area contributed by atoms with Crippen molar-refractivity contribution < 1.29 is 19.4 Å². The van der Waals surface area contributed by atoms with Gasteiger partial charge in [-0.25, -0.2) is 0 Å². The summed E-state index contributed by atoms with van der Waals surface area (Å²) in [4.78, 5) is 11.7. The quantitative estimate of drug-likeness (QED) is 0.665. The minimum Gasteiger partial charge on any atom is -0.497 e. The summed E-state index contributed by atoms with van der Waals surface area (Å²) in [5.41, 5.74) is 6.32. The Balaban J connectivity index is 2.67. The normalized spacial score (nSPS) is 13.4. The third-order valence-electron chi connectivity index (χ3n) is 3.16. The molecule has 0 saturated carbocycles. The van der Waals surface area contributed by atoms with Gasteiger partial charge in [-0.1, -0.05) is 13.3 Å². The van der Waals surface area contributed by atoms with E-state index >= 15 is 0 Å². The van der Waals surface area contributed by atoms with Crippen LogP contribution >= 0.6 is 0 Å². The third-order valence-corrected chi connectivity index (χ3v) is 3.16. The van der Waals surface area contributed by atoms with Gasteiger partial charge in [0, 0.05) is 12.6 Å². The number of carbonyl (C=O) groups is 1. The number of nitrogens with one attached hydrogen (secondary N) is 1. The van der Waals surface area contributed by atoms with Gasteiger partial charge in [-0.2, -0.15) is 0 Å². The van der Waals surface area contributed by atoms with Gasteiger partial charge >= 0.3 is 0 Å². The zero-order valence-electron chi connectivity index (χ0n) is 12.8. The molecule has 21 heavy (non-hydrogen) atoms. The first-order valence-electron chi connectivity index (χ1n) is 6.96. The minimum atomic E-state index is -0.855. The number of nitrogens with two attached hydrogens (primary N) is 1. The Morgan fingerprint density at radius 3 is 2.33 bits per heavy atom. The zero-order chi connectivity index (χ0) is 15.8. The van der Waals surface area contributed by atoms with Crippen molar-refractivity contribution >= 4 is 5.91 Å². The van der Waals surface area contributed by atoms with Crippen LogP contribution in [0.1, 0.15) is 31.4 Å². The van der Waals surface area contributed by atoms with Gasteiger partial charge in [0.15, 0.2) is 0 Å². The summed E-state index contributed by atoms with van der Waals surface area (Å²) >= 11 is 0. The first-order valence-corrected chi connectivity index (χ1v) is 6.96. The highest BCUT2D eigenvalue weighted by Crippen LogP contribution is 2.26. The highest BCUT2D eigenvalue weighted by Gasteiger charge is 2.15. The number of benzene rings is 1. The maximum absolute atomic E-state index is 11.7. The first-order chi connectivity index (χ1) is 10.0. The molecule has 6 nitrogen and oxygen atoms in total. The van der Waals surface area contributed by atoms with Crippen LogP contribution in [0.4, 0.5) is 0 Å². The summed E-state index contributed by atoms with van der Waals surface area (Å²) in [5, 5.41) is 12.8. The van der Waals surface area contributed by atoms with E-state index in [1.165, 1.54) is 14.2 Å². The number of carbonyl (C=O) groups excluding carboxylic acids is 1. The number of ether oxygens (including phenoxy) is 2. The Morgan fingerprint density at radius 2 is 1.86 bits per heavy atom. The van der Waals surface area contributed by atoms with Crippen LogP contribution in [0.3, 0.4) is 0 Å². The summed E-state index contributed by atoms with van der Waals surface area (Å²) in [6.07, 6.45) is 0.603. The fourth-order valence-electron chi connectivity index (χ4n) is 1.91. The van der Waals surface area contributed by atoms with Gasteiger partial charge in [-0.15, -0.1) is 0 Å². The molecule has 1 aromatic carbocycles. The molecule has 118 valence electrons. The maximum Gasteiger partial charge on any atom is 0.237 e. The van der Waals surface area contributed by atoms with Crippen LogP contribution in [-0.4, -0.2) is 37.8 Å². The number of amides is 1. The molecule has 0 aliphatic rings. The smallest absolute Gasteiger partial charge is 0.237 e. The number of aliphatic hydroxyl groups is 1. The van der Waals surface area contributed by atoms with Gasteiger partial charge < -0.3 is 25.6 Å². The van der Waals surface area contributed by atoms with Crippen molar-refractivity contribution in [1.82, 2.24) is 5.32 Å². The molecule has 1 amide bonds. The lowest BCUT2D eigenvalue weighted by atomic mass is 10.1. The molecule has 4 N–H and O–H groups in total. The molecule has 0 fully saturated rings. The predicted octanol–water partition coefficient (Wildman–Crippen LogP) is 0.981. The van der Waals surface area contributed by atoms with Crippen LogP contribution in [0, 0.1) is 0 Å². The molecule has 2 unspecified atom stereocenters. The van der Waals surface area contributed by atoms with E-state index in [4.69, 9.17) is 15.2 Å². The molecular formula is C15H24N2O4. The van der Waals surface area contributed by atoms with Crippen LogP contribution in [-0.2, 0) is 4.79 Å². The topological polar surface area (TPSA) is 93.8 Å². The van der Waals surface area contributed by atoms with Crippen molar-refractivity contribution in [2.24, 2.45) is 5.73 Å². The van der Waals surface area contributed by atoms with Gasteiger partial charge in [0.05, 0.1) is 26.4 Å². The summed E-state index contributed by atoms with van der Waals surface area (Å²) in [6, 6.07) is 4.57. The average Bonchev–Trinajstić information content (AvgIpc) is 2.51. The highest BCUT2D eigenvalue weighted by atomic mass is 16.5. The second-order valence-corrected chi connectivity index (χ2v) is 4.80. The van der Waals surface area contributed by atoms with Gasteiger partial charge in [-0.05, 0) is 24.1 Å². The lowest BCUT2D eigenvalue weighted by molar-refractivity contribution is -0.123. The van der Waals surface area contributed by atoms with E-state index in [-0.39, 0.29) is 12.5 Å². The second-order valence-electron chi connectivity index (χ2n) is 4.80. The average molecular weight is 296 g/mol. The van der Waals surface area contributed by atoms with Crippen LogP contribution in [0.5, 0.6) is 11.5 Å². The first kappa shape index (κ1) is 17.3. The molecule has 1 aromatic rings. The maximum atomic E-state index is 11.7. The van der Waals surface area contributed by atoms with E-state index in [0.29, 0.717) is 23.5 Å². The van der Waals surface area contributed by atoms with Gasteiger partial charge in [0.25, 0.3) is 0 Å². The molecule has 0 aromatic heterocycles. The van der Waals surface area contributed by atoms with Crippen LogP contribution in [0.2, 0.25) is 0 Å². The lowest BCUT2D eigenvalue weighted by Gasteiger charge is -2.16. The Bertz CT molecular complexity index is 443. The molecular weight excluding hydrogens is 272 g/mol. The molecule has 0 spiro atoms. The SMILES string of the molecule is CCCC(N)C(=O)NCC(O)c1cc(OC)cc(OC)c1. The molecule has 0 bridgehead atoms. The number of hydrogen-bond donors (Lipinski definition) is 3. The van der Waals surface area contributed by atoms with Gasteiger partial charge in [-0.3, -0.25) is 4.79 Å². The summed E-state index contributed by atoms with van der Waals surface area (Å²) in [6.45, 7) is 2.05. The third kappa shape index (κ3) is 5.24. The van der Waals surface area contributed by atoms with Gasteiger partial charge in [0.1, 0.15) is 11.5 Å². The Kier molecular flexibility index (Phi) is 6.98. The van der Waals surface area contributed by atoms with Crippen molar-refractivity contribution in [1.29, 1.82) is 0 Å². The number of methoxy groups -OCH3 is 2. The fourth-order valence-corrected chi connectivity index (χ4v) is 1.91. The van der Waals surface area contributed by atoms with Gasteiger partial charge in [0.2, 0.25) is 5.91 Å². The molecule has 0 aliphatic heterocycles. The summed E-state index contributed by atoms with van der Waals surface area (Å²) in [5.74, 6) is 0.903. The Morgan fingerprint density at radius 1 is 1.29 bits per heavy atom. The van der Waals surface area contributed by atoms with Crippen LogP contribution < -0.4 is 20.5 Å². The van der Waals surface area contributed by atoms with Crippen LogP contribution in [0.15, 0.2) is 18.2 Å². The largest absolute Gasteiger partial charge is 0.497 e. The number of rotatable bonds is 8. The molecule has 6 heteroatoms. The van der Waals surface area contributed by atoms with Crippen molar-refractivity contribution in [3.05, 3.63) is 23.8 Å². The van der Waals surface area contributed by atoms with Crippen LogP contribution in [0.25, 0.3) is 0 Å². The fraction of sp³-hybridized carbons (Fsp3) is 0.533. The molecule has 0 radical (unpaired) electrons. The van der Waals surface area contributed by atoms with E-state index < -0.39 is 12.1 Å². The van der Waals surface area contributed by atoms with E-state index in [1.807, 2.05) is 6.92 Å². The van der Waals surface area contributed by atoms with Crippen molar-refractivity contribution in [3.63, 3.8) is 0 Å². The molecule has 0 saturated heterocycles. The molecule has 1 rings (SSSR count). The highest BCUT2D eigenvalue weighted by molar-refractivity contribution is 5.81.